The molecule has 0 radical (unpaired) electrons. The van der Waals surface area contributed by atoms with Crippen molar-refractivity contribution in [2.24, 2.45) is 0 Å². The lowest BCUT2D eigenvalue weighted by Gasteiger charge is -2.42. The normalized spacial score (nSPS) is 21.0. The molecule has 142 valence electrons. The van der Waals surface area contributed by atoms with Gasteiger partial charge in [0, 0.05) is 31.5 Å². The van der Waals surface area contributed by atoms with E-state index in [0.717, 1.165) is 24.6 Å². The van der Waals surface area contributed by atoms with Gasteiger partial charge in [0.2, 0.25) is 0 Å². The number of rotatable bonds is 2. The summed E-state index contributed by atoms with van der Waals surface area (Å²) in [5.41, 5.74) is 5.59. The lowest BCUT2D eigenvalue weighted by molar-refractivity contribution is -0.119. The van der Waals surface area contributed by atoms with E-state index in [9.17, 15) is 4.79 Å². The van der Waals surface area contributed by atoms with Crippen molar-refractivity contribution in [3.63, 3.8) is 0 Å². The number of pyridine rings is 1. The minimum Gasteiger partial charge on any atom is -0.356 e. The van der Waals surface area contributed by atoms with E-state index in [0.29, 0.717) is 18.6 Å². The van der Waals surface area contributed by atoms with Crippen molar-refractivity contribution in [1.82, 2.24) is 4.98 Å². The molecule has 1 saturated heterocycles. The highest BCUT2D eigenvalue weighted by Gasteiger charge is 2.37. The predicted molar refractivity (Wildman–Crippen MR) is 111 cm³/mol. The Balaban J connectivity index is 1.70. The molecule has 3 heteroatoms. The summed E-state index contributed by atoms with van der Waals surface area (Å²) in [5.74, 6) is 1.35. The third-order valence-electron chi connectivity index (χ3n) is 6.53. The van der Waals surface area contributed by atoms with Gasteiger partial charge in [0.05, 0.1) is 5.69 Å². The number of nitrogens with zero attached hydrogens (tertiary/aromatic N) is 2. The van der Waals surface area contributed by atoms with Crippen LogP contribution in [0.3, 0.4) is 0 Å². The zero-order chi connectivity index (χ0) is 19.2. The number of hydrogen-bond acceptors (Lipinski definition) is 3. The van der Waals surface area contributed by atoms with Gasteiger partial charge in [0.25, 0.3) is 0 Å². The minimum atomic E-state index is 0.200. The highest BCUT2D eigenvalue weighted by Crippen LogP contribution is 2.46. The fourth-order valence-electron chi connectivity index (χ4n) is 4.49. The SMILES string of the molecule is CC1(C)CCC(C)(C)c2cc(-c3cccc(N4CCC(=O)CC4)n3)ccc21. The van der Waals surface area contributed by atoms with Crippen molar-refractivity contribution in [3.8, 4) is 11.3 Å². The van der Waals surface area contributed by atoms with Gasteiger partial charge in [-0.15, -0.1) is 0 Å². The number of hydrogen-bond donors (Lipinski definition) is 0. The van der Waals surface area contributed by atoms with Crippen LogP contribution in [0.25, 0.3) is 11.3 Å². The third kappa shape index (κ3) is 3.40. The number of carbonyl (C=O) groups excluding carboxylic acids is 1. The smallest absolute Gasteiger partial charge is 0.136 e. The quantitative estimate of drug-likeness (QED) is 0.730. The topological polar surface area (TPSA) is 33.2 Å². The molecule has 0 unspecified atom stereocenters. The lowest BCUT2D eigenvalue weighted by Crippen LogP contribution is -2.34. The van der Waals surface area contributed by atoms with Gasteiger partial charge < -0.3 is 4.90 Å². The molecular formula is C24H30N2O. The van der Waals surface area contributed by atoms with Gasteiger partial charge in [-0.2, -0.15) is 0 Å². The van der Waals surface area contributed by atoms with Gasteiger partial charge >= 0.3 is 0 Å². The Labute approximate surface area is 162 Å². The van der Waals surface area contributed by atoms with Crippen molar-refractivity contribution in [1.29, 1.82) is 0 Å². The summed E-state index contributed by atoms with van der Waals surface area (Å²) in [7, 11) is 0. The fraction of sp³-hybridized carbons (Fsp3) is 0.500. The van der Waals surface area contributed by atoms with Gasteiger partial charge in [-0.3, -0.25) is 4.79 Å². The molecule has 2 heterocycles. The van der Waals surface area contributed by atoms with E-state index in [1.54, 1.807) is 0 Å². The zero-order valence-electron chi connectivity index (χ0n) is 17.0. The Bertz CT molecular complexity index is 872. The summed E-state index contributed by atoms with van der Waals surface area (Å²) in [5, 5.41) is 0. The molecule has 2 aromatic rings. The van der Waals surface area contributed by atoms with Crippen LogP contribution >= 0.6 is 0 Å². The van der Waals surface area contributed by atoms with E-state index in [1.807, 2.05) is 0 Å². The Morgan fingerprint density at radius 2 is 1.56 bits per heavy atom. The molecule has 1 aliphatic carbocycles. The second-order valence-electron chi connectivity index (χ2n) is 9.43. The molecule has 0 saturated carbocycles. The first-order valence-corrected chi connectivity index (χ1v) is 10.2. The average Bonchev–Trinajstić information content (AvgIpc) is 2.66. The maximum Gasteiger partial charge on any atom is 0.136 e. The molecule has 1 fully saturated rings. The molecule has 2 aliphatic rings. The molecule has 0 amide bonds. The summed E-state index contributed by atoms with van der Waals surface area (Å²) in [6, 6.07) is 13.2. The minimum absolute atomic E-state index is 0.200. The molecule has 3 nitrogen and oxygen atoms in total. The molecule has 1 aromatic carbocycles. The molecule has 0 atom stereocenters. The van der Waals surface area contributed by atoms with Crippen molar-refractivity contribution in [3.05, 3.63) is 47.5 Å². The summed E-state index contributed by atoms with van der Waals surface area (Å²) in [4.78, 5) is 18.7. The van der Waals surface area contributed by atoms with Crippen molar-refractivity contribution < 1.29 is 4.79 Å². The van der Waals surface area contributed by atoms with Gasteiger partial charge in [-0.1, -0.05) is 45.9 Å². The highest BCUT2D eigenvalue weighted by molar-refractivity contribution is 5.81. The lowest BCUT2D eigenvalue weighted by atomic mass is 9.63. The van der Waals surface area contributed by atoms with Crippen LogP contribution in [0.4, 0.5) is 5.82 Å². The molecule has 4 rings (SSSR count). The molecular weight excluding hydrogens is 332 g/mol. The number of carbonyl (C=O) groups is 1. The summed E-state index contributed by atoms with van der Waals surface area (Å²) in [6.45, 7) is 11.0. The van der Waals surface area contributed by atoms with Crippen LogP contribution in [-0.2, 0) is 15.6 Å². The number of aromatic nitrogens is 1. The first kappa shape index (κ1) is 18.2. The zero-order valence-corrected chi connectivity index (χ0v) is 17.0. The molecule has 0 bridgehead atoms. The fourth-order valence-corrected chi connectivity index (χ4v) is 4.49. The van der Waals surface area contributed by atoms with Gasteiger partial charge in [0.1, 0.15) is 11.6 Å². The second kappa shape index (κ2) is 6.47. The number of ketones is 1. The molecule has 27 heavy (non-hydrogen) atoms. The van der Waals surface area contributed by atoms with Gasteiger partial charge in [0.15, 0.2) is 0 Å². The Kier molecular flexibility index (Phi) is 4.37. The monoisotopic (exact) mass is 362 g/mol. The Morgan fingerprint density at radius 3 is 2.26 bits per heavy atom. The van der Waals surface area contributed by atoms with Crippen LogP contribution in [0.1, 0.15) is 64.5 Å². The van der Waals surface area contributed by atoms with Crippen molar-refractivity contribution >= 4 is 11.6 Å². The number of Topliss-reactive ketones (excluding diaryl/α,β-unsaturated/α-hetero) is 1. The number of fused-ring (bicyclic) bond motifs is 1. The van der Waals surface area contributed by atoms with Crippen LogP contribution in [0.2, 0.25) is 0 Å². The first-order valence-electron chi connectivity index (χ1n) is 10.2. The Hall–Kier alpha value is -2.16. The average molecular weight is 363 g/mol. The highest BCUT2D eigenvalue weighted by atomic mass is 16.1. The molecule has 0 spiro atoms. The molecule has 1 aliphatic heterocycles. The molecule has 0 N–H and O–H groups in total. The standard InChI is InChI=1S/C24H30N2O/c1-23(2)12-13-24(3,4)20-16-17(8-9-19(20)23)21-6-5-7-22(25-21)26-14-10-18(27)11-15-26/h5-9,16H,10-15H2,1-4H3. The van der Waals surface area contributed by atoms with Crippen LogP contribution in [-0.4, -0.2) is 23.9 Å². The van der Waals surface area contributed by atoms with Crippen LogP contribution in [0, 0.1) is 0 Å². The maximum absolute atomic E-state index is 11.5. The second-order valence-corrected chi connectivity index (χ2v) is 9.43. The number of anilines is 1. The molecule has 1 aromatic heterocycles. The largest absolute Gasteiger partial charge is 0.356 e. The van der Waals surface area contributed by atoms with E-state index < -0.39 is 0 Å². The van der Waals surface area contributed by atoms with E-state index in [1.165, 1.54) is 29.5 Å². The van der Waals surface area contributed by atoms with Gasteiger partial charge in [-0.05, 0) is 53.0 Å². The predicted octanol–water partition coefficient (Wildman–Crippen LogP) is 5.27. The van der Waals surface area contributed by atoms with Crippen LogP contribution in [0.5, 0.6) is 0 Å². The number of piperidine rings is 1. The van der Waals surface area contributed by atoms with Crippen LogP contribution in [0.15, 0.2) is 36.4 Å². The van der Waals surface area contributed by atoms with E-state index in [2.05, 4.69) is 69.0 Å². The first-order chi connectivity index (χ1) is 12.8. The maximum atomic E-state index is 11.5. The summed E-state index contributed by atoms with van der Waals surface area (Å²) >= 11 is 0. The van der Waals surface area contributed by atoms with E-state index >= 15 is 0 Å². The Morgan fingerprint density at radius 1 is 0.889 bits per heavy atom. The third-order valence-corrected chi connectivity index (χ3v) is 6.53. The van der Waals surface area contributed by atoms with Crippen LogP contribution < -0.4 is 4.90 Å². The van der Waals surface area contributed by atoms with Gasteiger partial charge in [-0.25, -0.2) is 4.98 Å². The van der Waals surface area contributed by atoms with Crippen molar-refractivity contribution in [2.75, 3.05) is 18.0 Å². The number of benzene rings is 1. The summed E-state index contributed by atoms with van der Waals surface area (Å²) < 4.78 is 0. The summed E-state index contributed by atoms with van der Waals surface area (Å²) in [6.07, 6.45) is 3.71. The van der Waals surface area contributed by atoms with E-state index in [-0.39, 0.29) is 10.8 Å². The van der Waals surface area contributed by atoms with Crippen molar-refractivity contribution in [2.45, 2.75) is 64.2 Å². The van der Waals surface area contributed by atoms with E-state index in [4.69, 9.17) is 4.98 Å².